The molecule has 0 aliphatic rings. The van der Waals surface area contributed by atoms with Crippen LogP contribution in [0.4, 0.5) is 18.9 Å². The molecule has 0 saturated carbocycles. The van der Waals surface area contributed by atoms with Crippen LogP contribution >= 0.6 is 11.8 Å². The first-order valence-corrected chi connectivity index (χ1v) is 10.1. The van der Waals surface area contributed by atoms with Crippen LogP contribution in [-0.2, 0) is 10.5 Å². The van der Waals surface area contributed by atoms with E-state index in [1.165, 1.54) is 36.0 Å². The Kier molecular flexibility index (Phi) is 8.66. The third kappa shape index (κ3) is 9.10. The van der Waals surface area contributed by atoms with Gasteiger partial charge in [-0.15, -0.1) is 13.2 Å². The lowest BCUT2D eigenvalue weighted by molar-refractivity contribution is -0.274. The highest BCUT2D eigenvalue weighted by molar-refractivity contribution is 7.98. The van der Waals surface area contributed by atoms with E-state index in [9.17, 15) is 18.0 Å². The Labute approximate surface area is 172 Å². The van der Waals surface area contributed by atoms with Gasteiger partial charge >= 0.3 is 6.36 Å². The maximum Gasteiger partial charge on any atom is 0.573 e. The number of benzene rings is 2. The van der Waals surface area contributed by atoms with Crippen LogP contribution in [0.15, 0.2) is 54.6 Å². The zero-order valence-electron chi connectivity index (χ0n) is 15.8. The largest absolute Gasteiger partial charge is 0.666 e. The second-order valence-electron chi connectivity index (χ2n) is 6.42. The predicted molar refractivity (Wildman–Crippen MR) is 110 cm³/mol. The van der Waals surface area contributed by atoms with Crippen LogP contribution < -0.4 is 15.4 Å². The summed E-state index contributed by atoms with van der Waals surface area (Å²) in [5.74, 6) is 0.485. The fourth-order valence-electron chi connectivity index (χ4n) is 2.38. The van der Waals surface area contributed by atoms with E-state index in [1.807, 2.05) is 30.3 Å². The quantitative estimate of drug-likeness (QED) is 0.569. The molecule has 0 unspecified atom stereocenters. The van der Waals surface area contributed by atoms with Crippen LogP contribution in [0.5, 0.6) is 5.75 Å². The predicted octanol–water partition coefficient (Wildman–Crippen LogP) is 4.86. The SMILES string of the molecule is C[C@@H](CNc1ccc(OC(F)(F)F)cc1)NC(=O)[C@@H]([NH-])CSCc1ccccc1. The number of anilines is 1. The highest BCUT2D eigenvalue weighted by Crippen LogP contribution is 2.23. The number of rotatable bonds is 10. The zero-order chi connectivity index (χ0) is 21.3. The normalized spacial score (nSPS) is 13.4. The van der Waals surface area contributed by atoms with Crippen LogP contribution in [0.1, 0.15) is 12.5 Å². The fraction of sp³-hybridized carbons (Fsp3) is 0.350. The number of hydrogen-bond donors (Lipinski definition) is 2. The molecule has 158 valence electrons. The first kappa shape index (κ1) is 22.9. The topological polar surface area (TPSA) is 74.2 Å². The molecular formula is C20H23F3N3O2S-. The van der Waals surface area contributed by atoms with Crippen molar-refractivity contribution in [3.8, 4) is 5.75 Å². The summed E-state index contributed by atoms with van der Waals surface area (Å²) in [5, 5.41) is 5.79. The van der Waals surface area contributed by atoms with Gasteiger partial charge in [-0.2, -0.15) is 11.8 Å². The lowest BCUT2D eigenvalue weighted by atomic mass is 10.2. The first-order valence-electron chi connectivity index (χ1n) is 8.96. The summed E-state index contributed by atoms with van der Waals surface area (Å²) in [6, 6.07) is 14.1. The van der Waals surface area contributed by atoms with E-state index in [0.717, 1.165) is 11.3 Å². The molecule has 0 radical (unpaired) electrons. The Bertz CT molecular complexity index is 758. The van der Waals surface area contributed by atoms with Crippen molar-refractivity contribution in [1.82, 2.24) is 5.32 Å². The van der Waals surface area contributed by atoms with Crippen molar-refractivity contribution in [2.45, 2.75) is 31.1 Å². The lowest BCUT2D eigenvalue weighted by Gasteiger charge is -2.23. The fourth-order valence-corrected chi connectivity index (χ4v) is 3.32. The van der Waals surface area contributed by atoms with Gasteiger partial charge in [0.25, 0.3) is 0 Å². The minimum Gasteiger partial charge on any atom is -0.666 e. The molecule has 0 aromatic heterocycles. The number of nitrogens with one attached hydrogen (secondary N) is 3. The van der Waals surface area contributed by atoms with E-state index in [4.69, 9.17) is 5.73 Å². The van der Waals surface area contributed by atoms with E-state index in [-0.39, 0.29) is 17.7 Å². The Morgan fingerprint density at radius 1 is 1.14 bits per heavy atom. The van der Waals surface area contributed by atoms with Crippen LogP contribution in [0.25, 0.3) is 5.73 Å². The van der Waals surface area contributed by atoms with Crippen molar-refractivity contribution in [3.05, 3.63) is 65.9 Å². The standard InChI is InChI=1S/C20H23F3N3O2S/c1-14(11-25-16-7-9-17(10-8-16)28-20(21,22)23)26-19(27)18(24)13-29-12-15-5-3-2-4-6-15/h2-10,14,18,24-25H,11-13H2,1H3,(H,26,27)/q-1/t14-,18-/m0/s1. The number of carbonyl (C=O) groups is 1. The molecule has 9 heteroatoms. The van der Waals surface area contributed by atoms with E-state index in [1.54, 1.807) is 6.92 Å². The maximum atomic E-state index is 12.2. The van der Waals surface area contributed by atoms with E-state index < -0.39 is 12.4 Å². The van der Waals surface area contributed by atoms with E-state index in [2.05, 4.69) is 15.4 Å². The third-order valence-corrected chi connectivity index (χ3v) is 4.91. The summed E-state index contributed by atoms with van der Waals surface area (Å²) in [6.45, 7) is 2.16. The summed E-state index contributed by atoms with van der Waals surface area (Å²) < 4.78 is 40.3. The third-order valence-electron chi connectivity index (χ3n) is 3.80. The summed E-state index contributed by atoms with van der Waals surface area (Å²) in [4.78, 5) is 12.1. The summed E-state index contributed by atoms with van der Waals surface area (Å²) >= 11 is 1.53. The van der Waals surface area contributed by atoms with Gasteiger partial charge < -0.3 is 21.1 Å². The molecular weight excluding hydrogens is 403 g/mol. The van der Waals surface area contributed by atoms with Gasteiger partial charge in [-0.1, -0.05) is 30.3 Å². The molecule has 2 atom stereocenters. The number of hydrogen-bond acceptors (Lipinski definition) is 4. The molecule has 5 nitrogen and oxygen atoms in total. The molecule has 0 heterocycles. The van der Waals surface area contributed by atoms with Crippen molar-refractivity contribution in [2.75, 3.05) is 17.6 Å². The first-order chi connectivity index (χ1) is 13.7. The molecule has 2 aromatic carbocycles. The van der Waals surface area contributed by atoms with Gasteiger partial charge in [0.15, 0.2) is 0 Å². The molecule has 3 N–H and O–H groups in total. The van der Waals surface area contributed by atoms with Gasteiger partial charge in [0.05, 0.1) is 0 Å². The molecule has 0 saturated heterocycles. The van der Waals surface area contributed by atoms with Gasteiger partial charge in [0.2, 0.25) is 5.91 Å². The van der Waals surface area contributed by atoms with E-state index in [0.29, 0.717) is 18.0 Å². The molecule has 2 rings (SSSR count). The zero-order valence-corrected chi connectivity index (χ0v) is 16.6. The Hall–Kier alpha value is -2.39. The highest BCUT2D eigenvalue weighted by Gasteiger charge is 2.30. The minimum absolute atomic E-state index is 0.249. The second-order valence-corrected chi connectivity index (χ2v) is 7.45. The van der Waals surface area contributed by atoms with Crippen molar-refractivity contribution < 1.29 is 22.7 Å². The number of halogens is 3. The van der Waals surface area contributed by atoms with Gasteiger partial charge in [-0.25, -0.2) is 0 Å². The molecule has 1 amide bonds. The van der Waals surface area contributed by atoms with Crippen LogP contribution in [0, 0.1) is 0 Å². The number of amides is 1. The van der Waals surface area contributed by atoms with Gasteiger partial charge in [0.1, 0.15) is 5.75 Å². The van der Waals surface area contributed by atoms with Crippen molar-refractivity contribution in [2.24, 2.45) is 0 Å². The van der Waals surface area contributed by atoms with Gasteiger partial charge in [-0.05, 0) is 48.5 Å². The molecule has 0 spiro atoms. The second kappa shape index (κ2) is 11.0. The minimum atomic E-state index is -4.72. The maximum absolute atomic E-state index is 12.2. The van der Waals surface area contributed by atoms with Gasteiger partial charge in [0, 0.05) is 24.0 Å². The average Bonchev–Trinajstić information content (AvgIpc) is 2.67. The molecule has 2 aromatic rings. The number of ether oxygens (including phenoxy) is 1. The molecule has 29 heavy (non-hydrogen) atoms. The Morgan fingerprint density at radius 2 is 1.79 bits per heavy atom. The Morgan fingerprint density at radius 3 is 2.41 bits per heavy atom. The summed E-state index contributed by atoms with van der Waals surface area (Å²) in [5.41, 5.74) is 9.72. The van der Waals surface area contributed by atoms with Crippen LogP contribution in [-0.4, -0.2) is 36.7 Å². The smallest absolute Gasteiger partial charge is 0.573 e. The van der Waals surface area contributed by atoms with Crippen molar-refractivity contribution in [1.29, 1.82) is 0 Å². The summed E-state index contributed by atoms with van der Waals surface area (Å²) in [7, 11) is 0. The number of thioether (sulfide) groups is 1. The number of carbonyl (C=O) groups excluding carboxylic acids is 1. The number of alkyl halides is 3. The van der Waals surface area contributed by atoms with Crippen LogP contribution in [0.2, 0.25) is 0 Å². The van der Waals surface area contributed by atoms with E-state index >= 15 is 0 Å². The molecule has 0 bridgehead atoms. The van der Waals surface area contributed by atoms with Gasteiger partial charge in [-0.3, -0.25) is 4.79 Å². The van der Waals surface area contributed by atoms with Crippen molar-refractivity contribution >= 4 is 23.4 Å². The monoisotopic (exact) mass is 426 g/mol. The highest BCUT2D eigenvalue weighted by atomic mass is 32.2. The molecule has 0 aliphatic heterocycles. The van der Waals surface area contributed by atoms with Crippen LogP contribution in [0.3, 0.4) is 0 Å². The lowest BCUT2D eigenvalue weighted by Crippen LogP contribution is -2.42. The Balaban J connectivity index is 1.68. The summed E-state index contributed by atoms with van der Waals surface area (Å²) in [6.07, 6.45) is -4.72. The van der Waals surface area contributed by atoms with Crippen molar-refractivity contribution in [3.63, 3.8) is 0 Å². The molecule has 0 aliphatic carbocycles. The average molecular weight is 426 g/mol. The molecule has 0 fully saturated rings.